The summed E-state index contributed by atoms with van der Waals surface area (Å²) in [4.78, 5) is 16.2. The summed E-state index contributed by atoms with van der Waals surface area (Å²) in [5.74, 6) is -0.997. The Kier molecular flexibility index (Phi) is 3.81. The summed E-state index contributed by atoms with van der Waals surface area (Å²) >= 11 is 0. The Morgan fingerprint density at radius 3 is 2.43 bits per heavy atom. The highest BCUT2D eigenvalue weighted by molar-refractivity contribution is 5.90. The van der Waals surface area contributed by atoms with Gasteiger partial charge in [0.2, 0.25) is 0 Å². The molecule has 23 heavy (non-hydrogen) atoms. The number of benzene rings is 2. The molecule has 4 heteroatoms. The number of rotatable bonds is 3. The van der Waals surface area contributed by atoms with E-state index < -0.39 is 11.5 Å². The van der Waals surface area contributed by atoms with Crippen LogP contribution in [0.25, 0.3) is 0 Å². The zero-order chi connectivity index (χ0) is 16.3. The molecule has 1 aliphatic rings. The number of carbonyl (C=O) groups is 1. The van der Waals surface area contributed by atoms with E-state index in [-0.39, 0.29) is 11.3 Å². The Morgan fingerprint density at radius 1 is 1.00 bits per heavy atom. The van der Waals surface area contributed by atoms with E-state index in [0.29, 0.717) is 5.56 Å². The lowest BCUT2D eigenvalue weighted by atomic mass is 9.80. The maximum atomic E-state index is 11.7. The molecular formula is C19H15NO3. The van der Waals surface area contributed by atoms with E-state index in [0.717, 1.165) is 5.56 Å². The highest BCUT2D eigenvalue weighted by atomic mass is 16.4. The smallest absolute Gasteiger partial charge is 0.336 e. The molecule has 1 atom stereocenters. The highest BCUT2D eigenvalue weighted by Gasteiger charge is 2.35. The first kappa shape index (κ1) is 14.8. The number of nitrogens with zero attached hydrogens (tertiary/aromatic N) is 1. The van der Waals surface area contributed by atoms with Crippen molar-refractivity contribution in [3.8, 4) is 0 Å². The molecule has 2 N–H and O–H groups in total. The second-order valence-corrected chi connectivity index (χ2v) is 5.19. The predicted molar refractivity (Wildman–Crippen MR) is 89.0 cm³/mol. The van der Waals surface area contributed by atoms with Gasteiger partial charge in [-0.3, -0.25) is 4.99 Å². The molecule has 114 valence electrons. The molecule has 3 rings (SSSR count). The van der Waals surface area contributed by atoms with Crippen LogP contribution >= 0.6 is 0 Å². The molecule has 2 aromatic rings. The first-order valence-electron chi connectivity index (χ1n) is 7.15. The molecule has 0 bridgehead atoms. The van der Waals surface area contributed by atoms with Crippen LogP contribution in [-0.2, 0) is 5.54 Å². The number of aliphatic hydroxyl groups is 1. The van der Waals surface area contributed by atoms with Crippen LogP contribution < -0.4 is 0 Å². The van der Waals surface area contributed by atoms with Crippen molar-refractivity contribution in [2.24, 2.45) is 4.99 Å². The fourth-order valence-corrected chi connectivity index (χ4v) is 2.76. The fraction of sp³-hybridized carbons (Fsp3) is 0.0526. The zero-order valence-electron chi connectivity index (χ0n) is 12.3. The average Bonchev–Trinajstić information content (AvgIpc) is 2.78. The SMILES string of the molecule is O=C(O)c1ccccc1C1(c2ccccc2)C=C(O)C=CC=N1. The molecule has 0 amide bonds. The molecule has 1 heterocycles. The van der Waals surface area contributed by atoms with Gasteiger partial charge in [0.1, 0.15) is 11.3 Å². The first-order valence-corrected chi connectivity index (χ1v) is 7.15. The van der Waals surface area contributed by atoms with Crippen molar-refractivity contribution in [1.29, 1.82) is 0 Å². The number of carboxylic acid groups (broad SMARTS) is 1. The van der Waals surface area contributed by atoms with E-state index in [1.165, 1.54) is 6.08 Å². The molecule has 0 saturated carbocycles. The molecule has 0 spiro atoms. The summed E-state index contributed by atoms with van der Waals surface area (Å²) < 4.78 is 0. The van der Waals surface area contributed by atoms with Gasteiger partial charge in [-0.2, -0.15) is 0 Å². The quantitative estimate of drug-likeness (QED) is 0.908. The van der Waals surface area contributed by atoms with Gasteiger partial charge in [0.15, 0.2) is 0 Å². The summed E-state index contributed by atoms with van der Waals surface area (Å²) in [7, 11) is 0. The maximum Gasteiger partial charge on any atom is 0.336 e. The number of aliphatic imine (C=N–C) groups is 1. The molecule has 0 aromatic heterocycles. The van der Waals surface area contributed by atoms with Gasteiger partial charge in [-0.25, -0.2) is 4.79 Å². The zero-order valence-corrected chi connectivity index (χ0v) is 12.3. The van der Waals surface area contributed by atoms with Crippen molar-refractivity contribution in [2.45, 2.75) is 5.54 Å². The van der Waals surface area contributed by atoms with Gasteiger partial charge in [0.05, 0.1) is 5.56 Å². The van der Waals surface area contributed by atoms with Crippen LogP contribution in [0.1, 0.15) is 21.5 Å². The van der Waals surface area contributed by atoms with Gasteiger partial charge in [-0.1, -0.05) is 48.5 Å². The third-order valence-electron chi connectivity index (χ3n) is 3.77. The lowest BCUT2D eigenvalue weighted by Crippen LogP contribution is -2.26. The summed E-state index contributed by atoms with van der Waals surface area (Å²) in [6, 6.07) is 16.0. The van der Waals surface area contributed by atoms with Crippen molar-refractivity contribution in [3.05, 3.63) is 95.3 Å². The minimum Gasteiger partial charge on any atom is -0.508 e. The molecular weight excluding hydrogens is 290 g/mol. The van der Waals surface area contributed by atoms with Crippen LogP contribution in [0.4, 0.5) is 0 Å². The second-order valence-electron chi connectivity index (χ2n) is 5.19. The predicted octanol–water partition coefficient (Wildman–Crippen LogP) is 3.71. The van der Waals surface area contributed by atoms with Crippen molar-refractivity contribution < 1.29 is 15.0 Å². The average molecular weight is 305 g/mol. The van der Waals surface area contributed by atoms with Crippen molar-refractivity contribution in [2.75, 3.05) is 0 Å². The standard InChI is InChI=1S/C19H15NO3/c21-15-9-6-12-20-19(13-15,14-7-2-1-3-8-14)17-11-5-4-10-16(17)18(22)23/h1-13,21H,(H,22,23). The van der Waals surface area contributed by atoms with Crippen LogP contribution in [0, 0.1) is 0 Å². The Labute approximate surface area is 133 Å². The lowest BCUT2D eigenvalue weighted by molar-refractivity contribution is 0.0694. The van der Waals surface area contributed by atoms with E-state index in [4.69, 9.17) is 0 Å². The van der Waals surface area contributed by atoms with E-state index >= 15 is 0 Å². The lowest BCUT2D eigenvalue weighted by Gasteiger charge is -2.29. The van der Waals surface area contributed by atoms with Crippen LogP contribution in [-0.4, -0.2) is 22.4 Å². The highest BCUT2D eigenvalue weighted by Crippen LogP contribution is 2.38. The maximum absolute atomic E-state index is 11.7. The van der Waals surface area contributed by atoms with Gasteiger partial charge in [-0.05, 0) is 29.9 Å². The monoisotopic (exact) mass is 305 g/mol. The molecule has 1 aliphatic heterocycles. The molecule has 4 nitrogen and oxygen atoms in total. The third-order valence-corrected chi connectivity index (χ3v) is 3.77. The second kappa shape index (κ2) is 5.93. The van der Waals surface area contributed by atoms with E-state index in [2.05, 4.69) is 4.99 Å². The normalized spacial score (nSPS) is 19.9. The fourth-order valence-electron chi connectivity index (χ4n) is 2.76. The topological polar surface area (TPSA) is 69.9 Å². The first-order chi connectivity index (χ1) is 11.1. The van der Waals surface area contributed by atoms with E-state index in [1.807, 2.05) is 30.3 Å². The number of hydrogen-bond donors (Lipinski definition) is 2. The summed E-state index contributed by atoms with van der Waals surface area (Å²) in [6.45, 7) is 0. The third kappa shape index (κ3) is 2.66. The molecule has 0 radical (unpaired) electrons. The summed E-state index contributed by atoms with van der Waals surface area (Å²) in [6.07, 6.45) is 6.30. The number of aliphatic hydroxyl groups excluding tert-OH is 1. The minimum atomic E-state index is -1.09. The van der Waals surface area contributed by atoms with Gasteiger partial charge >= 0.3 is 5.97 Å². The number of allylic oxidation sites excluding steroid dienone is 2. The Bertz CT molecular complexity index is 822. The molecule has 0 aliphatic carbocycles. The Balaban J connectivity index is 2.35. The number of aromatic carboxylic acids is 1. The summed E-state index contributed by atoms with van der Waals surface area (Å²) in [5.41, 5.74) is 0.342. The Morgan fingerprint density at radius 2 is 1.70 bits per heavy atom. The van der Waals surface area contributed by atoms with Crippen molar-refractivity contribution in [3.63, 3.8) is 0 Å². The van der Waals surface area contributed by atoms with E-state index in [9.17, 15) is 15.0 Å². The number of carboxylic acids is 1. The van der Waals surface area contributed by atoms with Crippen molar-refractivity contribution >= 4 is 12.2 Å². The van der Waals surface area contributed by atoms with E-state index in [1.54, 1.807) is 42.6 Å². The molecule has 0 fully saturated rings. The van der Waals surface area contributed by atoms with Crippen molar-refractivity contribution in [1.82, 2.24) is 0 Å². The van der Waals surface area contributed by atoms with Crippen LogP contribution in [0.15, 0.2) is 83.6 Å². The van der Waals surface area contributed by atoms with Crippen LogP contribution in [0.3, 0.4) is 0 Å². The Hall–Kier alpha value is -3.14. The largest absolute Gasteiger partial charge is 0.508 e. The molecule has 2 aromatic carbocycles. The van der Waals surface area contributed by atoms with Gasteiger partial charge in [0, 0.05) is 11.8 Å². The van der Waals surface area contributed by atoms with Gasteiger partial charge < -0.3 is 10.2 Å². The summed E-state index contributed by atoms with van der Waals surface area (Å²) in [5, 5.41) is 19.7. The molecule has 0 saturated heterocycles. The van der Waals surface area contributed by atoms with Gasteiger partial charge in [0.25, 0.3) is 0 Å². The molecule has 1 unspecified atom stereocenters. The minimum absolute atomic E-state index is 0.0338. The number of hydrogen-bond acceptors (Lipinski definition) is 3. The van der Waals surface area contributed by atoms with Gasteiger partial charge in [-0.15, -0.1) is 0 Å². The van der Waals surface area contributed by atoms with Crippen LogP contribution in [0.5, 0.6) is 0 Å². The van der Waals surface area contributed by atoms with Crippen LogP contribution in [0.2, 0.25) is 0 Å².